The van der Waals surface area contributed by atoms with Crippen molar-refractivity contribution in [1.29, 1.82) is 0 Å². The number of benzene rings is 1. The van der Waals surface area contributed by atoms with Crippen molar-refractivity contribution in [3.8, 4) is 0 Å². The quantitative estimate of drug-likeness (QED) is 0.714. The fourth-order valence-electron chi connectivity index (χ4n) is 1.83. The monoisotopic (exact) mass is 297 g/mol. The molecule has 0 saturated carbocycles. The van der Waals surface area contributed by atoms with Crippen molar-refractivity contribution in [3.63, 3.8) is 0 Å². The number of hydrogen-bond acceptors (Lipinski definition) is 2. The number of ketones is 1. The molecule has 1 aromatic carbocycles. The maximum atomic E-state index is 12.0. The molecule has 0 atom stereocenters. The van der Waals surface area contributed by atoms with Gasteiger partial charge in [-0.15, -0.1) is 0 Å². The molecule has 1 aromatic rings. The molecule has 94 valence electrons. The molecule has 0 aliphatic rings. The topological polar surface area (TPSA) is 20.3 Å². The van der Waals surface area contributed by atoms with E-state index in [0.29, 0.717) is 6.42 Å². The number of rotatable bonds is 7. The number of nitrogens with zero attached hydrogens (tertiary/aromatic N) is 1. The minimum Gasteiger partial charge on any atom is -0.303 e. The van der Waals surface area contributed by atoms with Gasteiger partial charge in [0.15, 0.2) is 5.78 Å². The van der Waals surface area contributed by atoms with Crippen LogP contribution in [-0.4, -0.2) is 30.3 Å². The average Bonchev–Trinajstić information content (AvgIpc) is 2.34. The van der Waals surface area contributed by atoms with Crippen LogP contribution >= 0.6 is 15.9 Å². The second-order valence-corrected chi connectivity index (χ2v) is 4.94. The van der Waals surface area contributed by atoms with Gasteiger partial charge in [0, 0.05) is 23.0 Å². The molecule has 17 heavy (non-hydrogen) atoms. The molecule has 3 heteroatoms. The zero-order valence-corrected chi connectivity index (χ0v) is 12.2. The lowest BCUT2D eigenvalue weighted by Crippen LogP contribution is -2.27. The summed E-state index contributed by atoms with van der Waals surface area (Å²) in [5.74, 6) is 0.215. The molecular formula is C14H20BrNO. The molecule has 0 radical (unpaired) electrons. The van der Waals surface area contributed by atoms with Crippen LogP contribution < -0.4 is 0 Å². The first-order valence-electron chi connectivity index (χ1n) is 6.19. The van der Waals surface area contributed by atoms with E-state index >= 15 is 0 Å². The minimum absolute atomic E-state index is 0.215. The molecule has 0 aromatic heterocycles. The predicted octanol–water partition coefficient (Wildman–Crippen LogP) is 3.75. The van der Waals surface area contributed by atoms with Gasteiger partial charge in [0.05, 0.1) is 0 Å². The van der Waals surface area contributed by atoms with Crippen molar-refractivity contribution in [1.82, 2.24) is 4.90 Å². The van der Waals surface area contributed by atoms with Gasteiger partial charge in [-0.1, -0.05) is 48.0 Å². The Bertz CT molecular complexity index is 365. The summed E-state index contributed by atoms with van der Waals surface area (Å²) in [6.45, 7) is 7.23. The third kappa shape index (κ3) is 4.60. The van der Waals surface area contributed by atoms with Crippen molar-refractivity contribution in [2.75, 3.05) is 19.6 Å². The van der Waals surface area contributed by atoms with Gasteiger partial charge in [-0.2, -0.15) is 0 Å². The molecule has 1 rings (SSSR count). The van der Waals surface area contributed by atoms with E-state index in [0.717, 1.165) is 36.1 Å². The number of carbonyl (C=O) groups is 1. The summed E-state index contributed by atoms with van der Waals surface area (Å²) >= 11 is 3.42. The number of carbonyl (C=O) groups excluding carboxylic acids is 1. The molecule has 0 fully saturated rings. The Labute approximate surface area is 112 Å². The van der Waals surface area contributed by atoms with Crippen LogP contribution in [0.2, 0.25) is 0 Å². The summed E-state index contributed by atoms with van der Waals surface area (Å²) in [5.41, 5.74) is 0.792. The Morgan fingerprint density at radius 1 is 1.24 bits per heavy atom. The SMILES string of the molecule is CCCN(CC)CCC(=O)c1ccccc1Br. The molecule has 0 aliphatic heterocycles. The summed E-state index contributed by atoms with van der Waals surface area (Å²) in [4.78, 5) is 14.3. The summed E-state index contributed by atoms with van der Waals surface area (Å²) in [6.07, 6.45) is 1.73. The molecule has 0 saturated heterocycles. The summed E-state index contributed by atoms with van der Waals surface area (Å²) in [6, 6.07) is 7.62. The molecule has 0 bridgehead atoms. The largest absolute Gasteiger partial charge is 0.303 e. The van der Waals surface area contributed by atoms with E-state index in [-0.39, 0.29) is 5.78 Å². The highest BCUT2D eigenvalue weighted by molar-refractivity contribution is 9.10. The third-order valence-corrected chi connectivity index (χ3v) is 3.51. The van der Waals surface area contributed by atoms with Gasteiger partial charge in [-0.3, -0.25) is 4.79 Å². The molecule has 0 heterocycles. The van der Waals surface area contributed by atoms with E-state index < -0.39 is 0 Å². The lowest BCUT2D eigenvalue weighted by Gasteiger charge is -2.18. The number of halogens is 1. The lowest BCUT2D eigenvalue weighted by molar-refractivity contribution is 0.0964. The van der Waals surface area contributed by atoms with Crippen LogP contribution in [0.15, 0.2) is 28.7 Å². The Morgan fingerprint density at radius 3 is 2.53 bits per heavy atom. The highest BCUT2D eigenvalue weighted by Gasteiger charge is 2.10. The van der Waals surface area contributed by atoms with Crippen LogP contribution in [0.4, 0.5) is 0 Å². The van der Waals surface area contributed by atoms with E-state index in [2.05, 4.69) is 34.7 Å². The Balaban J connectivity index is 2.52. The standard InChI is InChI=1S/C14H20BrNO/c1-3-10-16(4-2)11-9-14(17)12-7-5-6-8-13(12)15/h5-8H,3-4,9-11H2,1-2H3. The number of hydrogen-bond donors (Lipinski definition) is 0. The van der Waals surface area contributed by atoms with Crippen molar-refractivity contribution < 1.29 is 4.79 Å². The molecule has 0 aliphatic carbocycles. The number of Topliss-reactive ketones (excluding diaryl/α,β-unsaturated/α-hetero) is 1. The van der Waals surface area contributed by atoms with Crippen molar-refractivity contribution in [2.45, 2.75) is 26.7 Å². The van der Waals surface area contributed by atoms with E-state index in [1.165, 1.54) is 0 Å². The molecule has 0 N–H and O–H groups in total. The zero-order valence-electron chi connectivity index (χ0n) is 10.6. The van der Waals surface area contributed by atoms with Crippen LogP contribution in [0.25, 0.3) is 0 Å². The van der Waals surface area contributed by atoms with Gasteiger partial charge in [0.2, 0.25) is 0 Å². The first kappa shape index (κ1) is 14.4. The van der Waals surface area contributed by atoms with Gasteiger partial charge < -0.3 is 4.90 Å². The van der Waals surface area contributed by atoms with Crippen LogP contribution in [-0.2, 0) is 0 Å². The lowest BCUT2D eigenvalue weighted by atomic mass is 10.1. The Morgan fingerprint density at radius 2 is 1.94 bits per heavy atom. The van der Waals surface area contributed by atoms with E-state index in [9.17, 15) is 4.79 Å². The third-order valence-electron chi connectivity index (χ3n) is 2.82. The summed E-state index contributed by atoms with van der Waals surface area (Å²) < 4.78 is 0.892. The normalized spacial score (nSPS) is 10.8. The Hall–Kier alpha value is -0.670. The maximum absolute atomic E-state index is 12.0. The molecule has 0 amide bonds. The van der Waals surface area contributed by atoms with Gasteiger partial charge in [0.1, 0.15) is 0 Å². The van der Waals surface area contributed by atoms with Crippen LogP contribution in [0.3, 0.4) is 0 Å². The summed E-state index contributed by atoms with van der Waals surface area (Å²) in [5, 5.41) is 0. The molecule has 2 nitrogen and oxygen atoms in total. The smallest absolute Gasteiger partial charge is 0.165 e. The second-order valence-electron chi connectivity index (χ2n) is 4.09. The molecule has 0 spiro atoms. The van der Waals surface area contributed by atoms with E-state index in [4.69, 9.17) is 0 Å². The van der Waals surface area contributed by atoms with Crippen molar-refractivity contribution in [2.24, 2.45) is 0 Å². The van der Waals surface area contributed by atoms with Crippen LogP contribution in [0, 0.1) is 0 Å². The van der Waals surface area contributed by atoms with Gasteiger partial charge >= 0.3 is 0 Å². The van der Waals surface area contributed by atoms with Crippen molar-refractivity contribution in [3.05, 3.63) is 34.3 Å². The van der Waals surface area contributed by atoms with Gasteiger partial charge in [0.25, 0.3) is 0 Å². The Kier molecular flexibility index (Phi) is 6.45. The highest BCUT2D eigenvalue weighted by Crippen LogP contribution is 2.17. The van der Waals surface area contributed by atoms with E-state index in [1.807, 2.05) is 24.3 Å². The van der Waals surface area contributed by atoms with Crippen LogP contribution in [0.5, 0.6) is 0 Å². The zero-order chi connectivity index (χ0) is 12.7. The maximum Gasteiger partial charge on any atom is 0.165 e. The van der Waals surface area contributed by atoms with Gasteiger partial charge in [-0.05, 0) is 25.6 Å². The fourth-order valence-corrected chi connectivity index (χ4v) is 2.33. The summed E-state index contributed by atoms with van der Waals surface area (Å²) in [7, 11) is 0. The fraction of sp³-hybridized carbons (Fsp3) is 0.500. The van der Waals surface area contributed by atoms with Crippen molar-refractivity contribution >= 4 is 21.7 Å². The first-order chi connectivity index (χ1) is 8.19. The highest BCUT2D eigenvalue weighted by atomic mass is 79.9. The van der Waals surface area contributed by atoms with Crippen LogP contribution in [0.1, 0.15) is 37.0 Å². The average molecular weight is 298 g/mol. The predicted molar refractivity (Wildman–Crippen MR) is 75.5 cm³/mol. The van der Waals surface area contributed by atoms with E-state index in [1.54, 1.807) is 0 Å². The van der Waals surface area contributed by atoms with Gasteiger partial charge in [-0.25, -0.2) is 0 Å². The molecule has 0 unspecified atom stereocenters. The minimum atomic E-state index is 0.215. The first-order valence-corrected chi connectivity index (χ1v) is 6.98. The molecular weight excluding hydrogens is 278 g/mol. The second kappa shape index (κ2) is 7.62.